The lowest BCUT2D eigenvalue weighted by Crippen LogP contribution is -2.66. The van der Waals surface area contributed by atoms with Crippen molar-refractivity contribution in [2.24, 2.45) is 5.92 Å². The molecule has 1 heterocycles. The van der Waals surface area contributed by atoms with Gasteiger partial charge in [0.05, 0.1) is 25.4 Å². The Morgan fingerprint density at radius 2 is 1.65 bits per heavy atom. The molecule has 2 aromatic carbocycles. The minimum atomic E-state index is -1.06. The van der Waals surface area contributed by atoms with Crippen molar-refractivity contribution >= 4 is 29.6 Å². The molecule has 2 aromatic rings. The Bertz CT molecular complexity index is 1560. The fourth-order valence-corrected chi connectivity index (χ4v) is 6.46. The third kappa shape index (κ3) is 8.46. The van der Waals surface area contributed by atoms with Crippen molar-refractivity contribution in [1.29, 1.82) is 0 Å². The largest absolute Gasteiger partial charge is 0.497 e. The van der Waals surface area contributed by atoms with Crippen molar-refractivity contribution in [2.75, 3.05) is 25.7 Å². The fourth-order valence-electron chi connectivity index (χ4n) is 6.46. The van der Waals surface area contributed by atoms with Crippen molar-refractivity contribution in [3.63, 3.8) is 0 Å². The highest BCUT2D eigenvalue weighted by Crippen LogP contribution is 2.44. The average molecular weight is 678 g/mol. The van der Waals surface area contributed by atoms with Gasteiger partial charge in [-0.05, 0) is 57.7 Å². The predicted molar refractivity (Wildman–Crippen MR) is 192 cm³/mol. The first-order valence-electron chi connectivity index (χ1n) is 16.9. The number of carbonyl (C=O) groups is 4. The van der Waals surface area contributed by atoms with Crippen LogP contribution in [0.2, 0.25) is 0 Å². The molecule has 0 unspecified atom stereocenters. The molecular formula is C39H55N3O7. The van der Waals surface area contributed by atoms with Gasteiger partial charge in [-0.15, -0.1) is 0 Å². The number of ether oxygens (including phenoxy) is 3. The van der Waals surface area contributed by atoms with Crippen molar-refractivity contribution in [2.45, 2.75) is 111 Å². The van der Waals surface area contributed by atoms with Crippen molar-refractivity contribution in [3.8, 4) is 5.75 Å². The van der Waals surface area contributed by atoms with Crippen LogP contribution in [-0.4, -0.2) is 73.3 Å². The highest BCUT2D eigenvalue weighted by atomic mass is 16.6. The van der Waals surface area contributed by atoms with E-state index in [9.17, 15) is 19.2 Å². The molecule has 0 saturated carbocycles. The summed E-state index contributed by atoms with van der Waals surface area (Å²) in [5.74, 6) is -0.906. The van der Waals surface area contributed by atoms with Crippen molar-refractivity contribution < 1.29 is 33.4 Å². The van der Waals surface area contributed by atoms with Gasteiger partial charge in [0.2, 0.25) is 5.91 Å². The molecule has 0 aromatic heterocycles. The third-order valence-corrected chi connectivity index (χ3v) is 9.17. The maximum Gasteiger partial charge on any atom is 0.410 e. The zero-order valence-corrected chi connectivity index (χ0v) is 31.5. The monoisotopic (exact) mass is 677 g/mol. The molecular weight excluding hydrogens is 622 g/mol. The number of nitrogens with one attached hydrogen (secondary N) is 1. The zero-order valence-electron chi connectivity index (χ0n) is 31.5. The topological polar surface area (TPSA) is 114 Å². The summed E-state index contributed by atoms with van der Waals surface area (Å²) in [6, 6.07) is 12.4. The SMILES string of the molecule is CCOC(=O)/C(C)=C/[C@H](C(C)C)N1C(=O)[C@@H](NC(=O)[C@@H](N(C)C(=O)OC(C)(C)C)C(C)(C)c2ccccc2)C(C)(C)c2ccc(OC)cc21. The second-order valence-electron chi connectivity index (χ2n) is 15.1. The Labute approximate surface area is 292 Å². The summed E-state index contributed by atoms with van der Waals surface area (Å²) in [5, 5.41) is 3.10. The summed E-state index contributed by atoms with van der Waals surface area (Å²) in [7, 11) is 3.11. The number of hydrogen-bond donors (Lipinski definition) is 1. The van der Waals surface area contributed by atoms with E-state index in [0.29, 0.717) is 17.0 Å². The van der Waals surface area contributed by atoms with E-state index in [2.05, 4.69) is 5.32 Å². The van der Waals surface area contributed by atoms with Gasteiger partial charge in [-0.3, -0.25) is 14.5 Å². The Morgan fingerprint density at radius 3 is 2.18 bits per heavy atom. The highest BCUT2D eigenvalue weighted by Gasteiger charge is 2.51. The lowest BCUT2D eigenvalue weighted by atomic mass is 9.71. The second-order valence-corrected chi connectivity index (χ2v) is 15.1. The van der Waals surface area contributed by atoms with Gasteiger partial charge in [0.15, 0.2) is 0 Å². The van der Waals surface area contributed by atoms with E-state index in [4.69, 9.17) is 14.2 Å². The Morgan fingerprint density at radius 1 is 1.04 bits per heavy atom. The molecule has 3 atom stereocenters. The summed E-state index contributed by atoms with van der Waals surface area (Å²) in [5.41, 5.74) is 0.0490. The molecule has 268 valence electrons. The number of likely N-dealkylation sites (N-methyl/N-ethyl adjacent to an activating group) is 1. The van der Waals surface area contributed by atoms with E-state index in [1.54, 1.807) is 59.8 Å². The average Bonchev–Trinajstić information content (AvgIpc) is 3.01. The molecule has 0 saturated heterocycles. The summed E-state index contributed by atoms with van der Waals surface area (Å²) in [6.45, 7) is 20.5. The molecule has 0 aliphatic carbocycles. The molecule has 1 N–H and O–H groups in total. The number of anilines is 1. The minimum absolute atomic E-state index is 0.131. The van der Waals surface area contributed by atoms with E-state index >= 15 is 0 Å². The van der Waals surface area contributed by atoms with Crippen LogP contribution in [0.5, 0.6) is 5.75 Å². The van der Waals surface area contributed by atoms with Gasteiger partial charge >= 0.3 is 12.1 Å². The maximum absolute atomic E-state index is 14.9. The number of rotatable bonds is 11. The zero-order chi connectivity index (χ0) is 37.1. The molecule has 1 aliphatic heterocycles. The van der Waals surface area contributed by atoms with E-state index < -0.39 is 52.5 Å². The highest BCUT2D eigenvalue weighted by molar-refractivity contribution is 6.05. The Balaban J connectivity index is 2.21. The number of carbonyl (C=O) groups excluding carboxylic acids is 4. The van der Waals surface area contributed by atoms with Crippen LogP contribution in [-0.2, 0) is 34.7 Å². The summed E-state index contributed by atoms with van der Waals surface area (Å²) < 4.78 is 16.5. The maximum atomic E-state index is 14.9. The molecule has 10 nitrogen and oxygen atoms in total. The number of benzene rings is 2. The predicted octanol–water partition coefficient (Wildman–Crippen LogP) is 6.55. The fraction of sp³-hybridized carbons (Fsp3) is 0.538. The van der Waals surface area contributed by atoms with Crippen LogP contribution >= 0.6 is 0 Å². The van der Waals surface area contributed by atoms with Crippen LogP contribution in [0.1, 0.15) is 87.3 Å². The minimum Gasteiger partial charge on any atom is -0.497 e. The van der Waals surface area contributed by atoms with E-state index in [1.165, 1.54) is 4.90 Å². The first-order chi connectivity index (χ1) is 22.7. The molecule has 3 rings (SSSR count). The number of fused-ring (bicyclic) bond motifs is 1. The quantitative estimate of drug-likeness (QED) is 0.212. The number of hydrogen-bond acceptors (Lipinski definition) is 7. The lowest BCUT2D eigenvalue weighted by Gasteiger charge is -2.48. The first-order valence-corrected chi connectivity index (χ1v) is 16.9. The molecule has 1 aliphatic rings. The van der Waals surface area contributed by atoms with Gasteiger partial charge in [0.25, 0.3) is 5.91 Å². The summed E-state index contributed by atoms with van der Waals surface area (Å²) in [6.07, 6.45) is 1.09. The molecule has 0 radical (unpaired) electrons. The van der Waals surface area contributed by atoms with E-state index in [1.807, 2.05) is 90.1 Å². The van der Waals surface area contributed by atoms with Crippen molar-refractivity contribution in [3.05, 3.63) is 71.3 Å². The number of amides is 3. The standard InChI is InChI=1S/C39H55N3O7/c1-14-48-35(45)25(4)22-29(24(2)3)42-30-23-27(47-13)20-21-28(30)39(10,11)31(34(42)44)40-33(43)32(41(12)36(46)49-37(5,6)7)38(8,9)26-18-16-15-17-19-26/h15-24,29,31-32H,14H2,1-13H3,(H,40,43)/b25-22+/t29-,31-,32-/m1/s1. The molecule has 10 heteroatoms. The second kappa shape index (κ2) is 15.0. The molecule has 0 fully saturated rings. The number of nitrogens with zero attached hydrogens (tertiary/aromatic N) is 2. The van der Waals surface area contributed by atoms with Gasteiger partial charge in [-0.1, -0.05) is 84.0 Å². The van der Waals surface area contributed by atoms with Crippen LogP contribution in [0.3, 0.4) is 0 Å². The molecule has 0 bridgehead atoms. The van der Waals surface area contributed by atoms with E-state index in [-0.39, 0.29) is 18.4 Å². The summed E-state index contributed by atoms with van der Waals surface area (Å²) >= 11 is 0. The summed E-state index contributed by atoms with van der Waals surface area (Å²) in [4.78, 5) is 58.8. The van der Waals surface area contributed by atoms with Crippen LogP contribution < -0.4 is 15.0 Å². The molecule has 49 heavy (non-hydrogen) atoms. The lowest BCUT2D eigenvalue weighted by molar-refractivity contribution is -0.138. The van der Waals surface area contributed by atoms with Gasteiger partial charge in [0.1, 0.15) is 23.4 Å². The van der Waals surface area contributed by atoms with Crippen molar-refractivity contribution in [1.82, 2.24) is 10.2 Å². The Kier molecular flexibility index (Phi) is 12.0. The van der Waals surface area contributed by atoms with Crippen LogP contribution in [0.25, 0.3) is 0 Å². The number of methoxy groups -OCH3 is 1. The van der Waals surface area contributed by atoms with Crippen LogP contribution in [0, 0.1) is 5.92 Å². The number of esters is 1. The third-order valence-electron chi connectivity index (χ3n) is 9.17. The van der Waals surface area contributed by atoms with Gasteiger partial charge in [-0.2, -0.15) is 0 Å². The molecule has 0 spiro atoms. The normalized spacial score (nSPS) is 17.5. The smallest absolute Gasteiger partial charge is 0.410 e. The van der Waals surface area contributed by atoms with E-state index in [0.717, 1.165) is 11.1 Å². The first kappa shape index (κ1) is 39.1. The van der Waals surface area contributed by atoms with Gasteiger partial charge < -0.3 is 24.4 Å². The Hall–Kier alpha value is -4.34. The van der Waals surface area contributed by atoms with Gasteiger partial charge in [0, 0.05) is 29.5 Å². The van der Waals surface area contributed by atoms with Crippen LogP contribution in [0.15, 0.2) is 60.2 Å². The van der Waals surface area contributed by atoms with Crippen LogP contribution in [0.4, 0.5) is 10.5 Å². The molecule has 3 amide bonds. The van der Waals surface area contributed by atoms with Gasteiger partial charge in [-0.25, -0.2) is 9.59 Å².